The Morgan fingerprint density at radius 2 is 2.19 bits per heavy atom. The minimum Gasteiger partial charge on any atom is -0.349 e. The topological polar surface area (TPSA) is 41.1 Å². The molecule has 2 atom stereocenters. The third kappa shape index (κ3) is 2.61. The third-order valence-corrected chi connectivity index (χ3v) is 3.20. The van der Waals surface area contributed by atoms with Crippen LogP contribution in [0.4, 0.5) is 0 Å². The minimum absolute atomic E-state index is 0.0278. The summed E-state index contributed by atoms with van der Waals surface area (Å²) in [5.74, 6) is 0.590. The van der Waals surface area contributed by atoms with Crippen molar-refractivity contribution in [1.82, 2.24) is 10.6 Å². The largest absolute Gasteiger partial charge is 0.349 e. The zero-order chi connectivity index (χ0) is 11.4. The first-order valence-electron chi connectivity index (χ1n) is 5.84. The van der Waals surface area contributed by atoms with Crippen LogP contribution in [0.25, 0.3) is 0 Å². The van der Waals surface area contributed by atoms with Crippen molar-refractivity contribution in [2.75, 3.05) is 13.1 Å². The Morgan fingerprint density at radius 1 is 1.44 bits per heavy atom. The van der Waals surface area contributed by atoms with Gasteiger partial charge in [0.1, 0.15) is 0 Å². The van der Waals surface area contributed by atoms with Gasteiger partial charge in [-0.2, -0.15) is 0 Å². The lowest BCUT2D eigenvalue weighted by Gasteiger charge is -2.19. The molecule has 1 saturated heterocycles. The van der Waals surface area contributed by atoms with Crippen molar-refractivity contribution < 1.29 is 4.79 Å². The molecule has 2 rings (SSSR count). The van der Waals surface area contributed by atoms with E-state index < -0.39 is 0 Å². The van der Waals surface area contributed by atoms with Crippen LogP contribution in [0.3, 0.4) is 0 Å². The van der Waals surface area contributed by atoms with E-state index in [1.54, 1.807) is 0 Å². The Hall–Kier alpha value is -1.35. The fraction of sp³-hybridized carbons (Fsp3) is 0.462. The molecule has 0 spiro atoms. The number of carbonyl (C=O) groups excluding carboxylic acids is 1. The summed E-state index contributed by atoms with van der Waals surface area (Å²) in [6.07, 6.45) is 1.15. The van der Waals surface area contributed by atoms with Crippen LogP contribution < -0.4 is 10.6 Å². The molecule has 0 radical (unpaired) electrons. The molecule has 0 saturated carbocycles. The van der Waals surface area contributed by atoms with Crippen molar-refractivity contribution in [2.24, 2.45) is 5.92 Å². The number of amides is 1. The first-order chi connectivity index (χ1) is 7.77. The molecule has 1 fully saturated rings. The van der Waals surface area contributed by atoms with Gasteiger partial charge in [-0.05, 0) is 44.5 Å². The summed E-state index contributed by atoms with van der Waals surface area (Å²) >= 11 is 0. The van der Waals surface area contributed by atoms with Crippen LogP contribution in [0.5, 0.6) is 0 Å². The summed E-state index contributed by atoms with van der Waals surface area (Å²) < 4.78 is 0. The minimum atomic E-state index is 0.0278. The molecule has 2 unspecified atom stereocenters. The van der Waals surface area contributed by atoms with Crippen LogP contribution in [0, 0.1) is 5.92 Å². The van der Waals surface area contributed by atoms with E-state index >= 15 is 0 Å². The van der Waals surface area contributed by atoms with E-state index in [0.29, 0.717) is 5.92 Å². The second-order valence-electron chi connectivity index (χ2n) is 4.38. The highest BCUT2D eigenvalue weighted by Gasteiger charge is 2.22. The van der Waals surface area contributed by atoms with Crippen LogP contribution in [-0.2, 0) is 0 Å². The van der Waals surface area contributed by atoms with Crippen molar-refractivity contribution in [3.63, 3.8) is 0 Å². The van der Waals surface area contributed by atoms with Gasteiger partial charge >= 0.3 is 0 Å². The van der Waals surface area contributed by atoms with Crippen LogP contribution in [0.1, 0.15) is 23.7 Å². The summed E-state index contributed by atoms with van der Waals surface area (Å²) in [5, 5.41) is 6.37. The molecule has 0 aromatic heterocycles. The van der Waals surface area contributed by atoms with E-state index in [-0.39, 0.29) is 11.9 Å². The SMILES string of the molecule is CC(NC(=O)c1ccccc1)C1CCNC1. The zero-order valence-corrected chi connectivity index (χ0v) is 9.57. The van der Waals surface area contributed by atoms with Gasteiger partial charge in [0, 0.05) is 11.6 Å². The molecule has 1 aliphatic heterocycles. The summed E-state index contributed by atoms with van der Waals surface area (Å²) in [4.78, 5) is 11.9. The van der Waals surface area contributed by atoms with Crippen molar-refractivity contribution in [2.45, 2.75) is 19.4 Å². The lowest BCUT2D eigenvalue weighted by atomic mass is 10.0. The van der Waals surface area contributed by atoms with Gasteiger partial charge in [0.25, 0.3) is 5.91 Å². The molecule has 2 N–H and O–H groups in total. The second-order valence-corrected chi connectivity index (χ2v) is 4.38. The standard InChI is InChI=1S/C13H18N2O/c1-10(12-7-8-14-9-12)15-13(16)11-5-3-2-4-6-11/h2-6,10,12,14H,7-9H2,1H3,(H,15,16). The molecule has 1 aromatic carbocycles. The third-order valence-electron chi connectivity index (χ3n) is 3.20. The highest BCUT2D eigenvalue weighted by Crippen LogP contribution is 2.12. The van der Waals surface area contributed by atoms with Crippen molar-refractivity contribution in [3.8, 4) is 0 Å². The van der Waals surface area contributed by atoms with Crippen LogP contribution in [0.2, 0.25) is 0 Å². The Bertz CT molecular complexity index is 344. The first kappa shape index (κ1) is 11.1. The average molecular weight is 218 g/mol. The second kappa shape index (κ2) is 5.12. The maximum Gasteiger partial charge on any atom is 0.251 e. The number of hydrogen-bond donors (Lipinski definition) is 2. The molecule has 1 aromatic rings. The van der Waals surface area contributed by atoms with E-state index in [2.05, 4.69) is 17.6 Å². The summed E-state index contributed by atoms with van der Waals surface area (Å²) in [5.41, 5.74) is 0.736. The number of benzene rings is 1. The molecule has 0 bridgehead atoms. The van der Waals surface area contributed by atoms with E-state index in [4.69, 9.17) is 0 Å². The number of nitrogens with one attached hydrogen (secondary N) is 2. The van der Waals surface area contributed by atoms with Gasteiger partial charge in [0.2, 0.25) is 0 Å². The quantitative estimate of drug-likeness (QED) is 0.805. The number of carbonyl (C=O) groups is 1. The van der Waals surface area contributed by atoms with Gasteiger partial charge in [-0.15, -0.1) is 0 Å². The Balaban J connectivity index is 1.92. The lowest BCUT2D eigenvalue weighted by molar-refractivity contribution is 0.0929. The van der Waals surface area contributed by atoms with E-state index in [9.17, 15) is 4.79 Å². The van der Waals surface area contributed by atoms with Crippen molar-refractivity contribution in [3.05, 3.63) is 35.9 Å². The fourth-order valence-corrected chi connectivity index (χ4v) is 2.10. The molecule has 1 amide bonds. The normalized spacial score (nSPS) is 21.7. The number of hydrogen-bond acceptors (Lipinski definition) is 2. The van der Waals surface area contributed by atoms with Gasteiger partial charge in [0.15, 0.2) is 0 Å². The molecule has 1 heterocycles. The fourth-order valence-electron chi connectivity index (χ4n) is 2.10. The van der Waals surface area contributed by atoms with Gasteiger partial charge in [-0.25, -0.2) is 0 Å². The predicted molar refractivity (Wildman–Crippen MR) is 64.3 cm³/mol. The molecule has 16 heavy (non-hydrogen) atoms. The van der Waals surface area contributed by atoms with Crippen LogP contribution >= 0.6 is 0 Å². The molecular formula is C13H18N2O. The highest BCUT2D eigenvalue weighted by molar-refractivity contribution is 5.94. The van der Waals surface area contributed by atoms with Gasteiger partial charge in [0.05, 0.1) is 0 Å². The summed E-state index contributed by atoms with van der Waals surface area (Å²) in [6, 6.07) is 9.61. The van der Waals surface area contributed by atoms with E-state index in [1.165, 1.54) is 0 Å². The monoisotopic (exact) mass is 218 g/mol. The Morgan fingerprint density at radius 3 is 2.81 bits per heavy atom. The zero-order valence-electron chi connectivity index (χ0n) is 9.57. The molecule has 0 aliphatic carbocycles. The molecule has 1 aliphatic rings. The number of rotatable bonds is 3. The maximum atomic E-state index is 11.9. The molecule has 3 nitrogen and oxygen atoms in total. The first-order valence-corrected chi connectivity index (χ1v) is 5.84. The van der Waals surface area contributed by atoms with Crippen molar-refractivity contribution >= 4 is 5.91 Å². The molecule has 86 valence electrons. The van der Waals surface area contributed by atoms with E-state index in [1.807, 2.05) is 30.3 Å². The predicted octanol–water partition coefficient (Wildman–Crippen LogP) is 1.41. The Kier molecular flexibility index (Phi) is 3.57. The van der Waals surface area contributed by atoms with Gasteiger partial charge in [-0.3, -0.25) is 4.79 Å². The van der Waals surface area contributed by atoms with Crippen LogP contribution in [0.15, 0.2) is 30.3 Å². The highest BCUT2D eigenvalue weighted by atomic mass is 16.1. The summed E-state index contributed by atoms with van der Waals surface area (Å²) in [6.45, 7) is 4.16. The lowest BCUT2D eigenvalue weighted by Crippen LogP contribution is -2.38. The smallest absolute Gasteiger partial charge is 0.251 e. The average Bonchev–Trinajstić information content (AvgIpc) is 2.83. The summed E-state index contributed by atoms with van der Waals surface area (Å²) in [7, 11) is 0. The van der Waals surface area contributed by atoms with Crippen molar-refractivity contribution in [1.29, 1.82) is 0 Å². The maximum absolute atomic E-state index is 11.9. The molecule has 3 heteroatoms. The van der Waals surface area contributed by atoms with Crippen LogP contribution in [-0.4, -0.2) is 25.0 Å². The Labute approximate surface area is 96.2 Å². The van der Waals surface area contributed by atoms with Gasteiger partial charge < -0.3 is 10.6 Å². The van der Waals surface area contributed by atoms with E-state index in [0.717, 1.165) is 25.1 Å². The molecular weight excluding hydrogens is 200 g/mol. The van der Waals surface area contributed by atoms with Gasteiger partial charge in [-0.1, -0.05) is 18.2 Å².